The fourth-order valence-corrected chi connectivity index (χ4v) is 5.15. The van der Waals surface area contributed by atoms with Crippen LogP contribution in [-0.2, 0) is 39.4 Å². The van der Waals surface area contributed by atoms with E-state index in [2.05, 4.69) is 0 Å². The van der Waals surface area contributed by atoms with Gasteiger partial charge in [0.2, 0.25) is 6.41 Å². The van der Waals surface area contributed by atoms with Gasteiger partial charge in [-0.3, -0.25) is 4.79 Å². The number of halogens is 10. The average Bonchev–Trinajstić information content (AvgIpc) is 3.01. The second-order valence-corrected chi connectivity index (χ2v) is 10.9. The topological polar surface area (TPSA) is 65.1 Å². The van der Waals surface area contributed by atoms with Gasteiger partial charge in [-0.25, -0.2) is 0 Å². The predicted octanol–water partition coefficient (Wildman–Crippen LogP) is 9.16. The molecule has 0 N–H and O–H groups in total. The molecule has 0 saturated carbocycles. The summed E-state index contributed by atoms with van der Waals surface area (Å²) in [5.41, 5.74) is -4.72. The lowest BCUT2D eigenvalue weighted by Crippen LogP contribution is -2.37. The third-order valence-electron chi connectivity index (χ3n) is 7.34. The Morgan fingerprint density at radius 1 is 0.792 bits per heavy atom. The molecule has 3 aromatic rings. The normalized spacial score (nSPS) is 13.5. The second-order valence-electron chi connectivity index (χ2n) is 10.5. The smallest absolute Gasteiger partial charge is 0.416 e. The Balaban J connectivity index is 2.14. The summed E-state index contributed by atoms with van der Waals surface area (Å²) in [5, 5.41) is 0.0838. The zero-order valence-corrected chi connectivity index (χ0v) is 26.3. The van der Waals surface area contributed by atoms with E-state index < -0.39 is 59.5 Å². The number of hydrogen-bond donors (Lipinski definition) is 0. The maximum absolute atomic E-state index is 13.8. The van der Waals surface area contributed by atoms with E-state index in [1.165, 1.54) is 26.2 Å². The number of rotatable bonds is 14. The van der Waals surface area contributed by atoms with Crippen molar-refractivity contribution in [2.24, 2.45) is 0 Å². The highest BCUT2D eigenvalue weighted by Gasteiger charge is 2.39. The number of aldehydes is 1. The van der Waals surface area contributed by atoms with Crippen molar-refractivity contribution in [2.45, 2.75) is 57.0 Å². The van der Waals surface area contributed by atoms with Crippen LogP contribution in [0.4, 0.5) is 39.5 Å². The lowest BCUT2D eigenvalue weighted by Gasteiger charge is -2.33. The van der Waals surface area contributed by atoms with E-state index >= 15 is 0 Å². The number of alkyl halides is 9. The van der Waals surface area contributed by atoms with Crippen LogP contribution in [0.2, 0.25) is 5.02 Å². The Morgan fingerprint density at radius 2 is 1.40 bits per heavy atom. The van der Waals surface area contributed by atoms with Crippen LogP contribution in [0, 0.1) is 0 Å². The van der Waals surface area contributed by atoms with Gasteiger partial charge in [0.15, 0.2) is 0 Å². The van der Waals surface area contributed by atoms with Gasteiger partial charge in [-0.15, -0.1) is 0 Å². The molecule has 48 heavy (non-hydrogen) atoms. The van der Waals surface area contributed by atoms with Crippen LogP contribution in [0.3, 0.4) is 0 Å². The Labute approximate surface area is 274 Å². The predicted molar refractivity (Wildman–Crippen MR) is 156 cm³/mol. The number of ether oxygens (including phenoxy) is 3. The third kappa shape index (κ3) is 9.34. The second kappa shape index (κ2) is 15.5. The van der Waals surface area contributed by atoms with Gasteiger partial charge in [0, 0.05) is 31.7 Å². The number of amides is 1. The van der Waals surface area contributed by atoms with Crippen LogP contribution in [-0.4, -0.2) is 44.5 Å². The first-order valence-corrected chi connectivity index (χ1v) is 14.4. The van der Waals surface area contributed by atoms with Gasteiger partial charge in [0.25, 0.3) is 0 Å². The van der Waals surface area contributed by atoms with Crippen LogP contribution in [0.15, 0.2) is 48.5 Å². The summed E-state index contributed by atoms with van der Waals surface area (Å²) in [4.78, 5) is 23.9. The number of hydrogen-bond acceptors (Lipinski definition) is 5. The van der Waals surface area contributed by atoms with E-state index in [0.717, 1.165) is 30.2 Å². The lowest BCUT2D eigenvalue weighted by atomic mass is 9.94. The summed E-state index contributed by atoms with van der Waals surface area (Å²) < 4.78 is 139. The van der Waals surface area contributed by atoms with Crippen molar-refractivity contribution in [1.82, 2.24) is 4.90 Å². The fourth-order valence-electron chi connectivity index (χ4n) is 4.94. The molecule has 0 aliphatic rings. The van der Waals surface area contributed by atoms with Crippen molar-refractivity contribution < 1.29 is 63.3 Å². The van der Waals surface area contributed by atoms with Gasteiger partial charge in [-0.2, -0.15) is 39.5 Å². The molecule has 0 spiro atoms. The van der Waals surface area contributed by atoms with Crippen LogP contribution in [0.5, 0.6) is 11.5 Å². The van der Waals surface area contributed by atoms with E-state index in [9.17, 15) is 49.1 Å². The SMILES string of the molecule is COc1cc(Cl)c(OCCCC=O)cc1-c1ccc(C(F)(F)F)cc1CN(C=O)[C@@H](C)[C@H](OC)c1cc(C(F)(F)F)cc(C(F)(F)F)c1. The minimum absolute atomic E-state index is 0.0624. The van der Waals surface area contributed by atoms with Crippen LogP contribution >= 0.6 is 11.6 Å². The molecule has 0 aliphatic carbocycles. The summed E-state index contributed by atoms with van der Waals surface area (Å²) in [7, 11) is 2.28. The zero-order valence-electron chi connectivity index (χ0n) is 25.5. The quantitative estimate of drug-likeness (QED) is 0.0948. The highest BCUT2D eigenvalue weighted by atomic mass is 35.5. The molecule has 0 unspecified atom stereocenters. The Bertz CT molecular complexity index is 1560. The highest BCUT2D eigenvalue weighted by Crippen LogP contribution is 2.43. The molecule has 2 atom stereocenters. The molecule has 0 aromatic heterocycles. The molecule has 0 fully saturated rings. The molecule has 0 heterocycles. The van der Waals surface area contributed by atoms with Crippen molar-refractivity contribution in [1.29, 1.82) is 0 Å². The van der Waals surface area contributed by atoms with Crippen molar-refractivity contribution in [2.75, 3.05) is 20.8 Å². The standard InChI is InChI=1S/C32H29ClF9NO5/c1-18(29(47-3)19-10-22(31(37,38)39)13-23(11-19)32(40,41)42)43(17-45)16-20-12-21(30(34,35)36)6-7-24(20)25-14-28(48-9-5-4-8-44)26(33)15-27(25)46-2/h6-8,10-15,17-18,29H,4-5,9,16H2,1-3H3/t18-,29-/m0/s1. The van der Waals surface area contributed by atoms with E-state index in [4.69, 9.17) is 25.8 Å². The maximum atomic E-state index is 13.8. The molecular weight excluding hydrogens is 685 g/mol. The number of nitrogens with zero attached hydrogens (tertiary/aromatic N) is 1. The summed E-state index contributed by atoms with van der Waals surface area (Å²) >= 11 is 6.31. The van der Waals surface area contributed by atoms with Gasteiger partial charge in [0.05, 0.1) is 41.5 Å². The first kappa shape index (κ1) is 38.5. The van der Waals surface area contributed by atoms with E-state index in [1.54, 1.807) is 0 Å². The number of benzene rings is 3. The van der Waals surface area contributed by atoms with Crippen LogP contribution in [0.25, 0.3) is 11.1 Å². The van der Waals surface area contributed by atoms with Crippen molar-refractivity contribution in [3.63, 3.8) is 0 Å². The lowest BCUT2D eigenvalue weighted by molar-refractivity contribution is -0.143. The van der Waals surface area contributed by atoms with Crippen molar-refractivity contribution in [3.8, 4) is 22.6 Å². The molecule has 262 valence electrons. The highest BCUT2D eigenvalue weighted by molar-refractivity contribution is 6.32. The van der Waals surface area contributed by atoms with Gasteiger partial charge < -0.3 is 23.9 Å². The van der Waals surface area contributed by atoms with Crippen LogP contribution in [0.1, 0.15) is 53.7 Å². The average molecular weight is 714 g/mol. The number of carbonyl (C=O) groups is 2. The van der Waals surface area contributed by atoms with Gasteiger partial charge in [0.1, 0.15) is 23.9 Å². The molecule has 0 saturated heterocycles. The zero-order chi connectivity index (χ0) is 36.0. The Hall–Kier alpha value is -3.98. The fraction of sp³-hybridized carbons (Fsp3) is 0.375. The van der Waals surface area contributed by atoms with Crippen LogP contribution < -0.4 is 9.47 Å². The molecule has 0 bridgehead atoms. The summed E-state index contributed by atoms with van der Waals surface area (Å²) in [6.45, 7) is 0.734. The minimum atomic E-state index is -5.16. The summed E-state index contributed by atoms with van der Waals surface area (Å²) in [6.07, 6.45) is -15.3. The first-order chi connectivity index (χ1) is 22.3. The van der Waals surface area contributed by atoms with E-state index in [1.807, 2.05) is 0 Å². The van der Waals surface area contributed by atoms with E-state index in [0.29, 0.717) is 24.8 Å². The van der Waals surface area contributed by atoms with Gasteiger partial charge >= 0.3 is 18.5 Å². The van der Waals surface area contributed by atoms with Gasteiger partial charge in [-0.05, 0) is 66.4 Å². The monoisotopic (exact) mass is 713 g/mol. The largest absolute Gasteiger partial charge is 0.496 e. The molecular formula is C32H29ClF9NO5. The molecule has 0 radical (unpaired) electrons. The van der Waals surface area contributed by atoms with Gasteiger partial charge in [-0.1, -0.05) is 17.7 Å². The third-order valence-corrected chi connectivity index (χ3v) is 7.64. The molecule has 0 aliphatic heterocycles. The number of methoxy groups -OCH3 is 2. The molecule has 3 rings (SSSR count). The molecule has 1 amide bonds. The molecule has 6 nitrogen and oxygen atoms in total. The number of unbranched alkanes of at least 4 members (excludes halogenated alkanes) is 1. The number of carbonyl (C=O) groups excluding carboxylic acids is 2. The maximum Gasteiger partial charge on any atom is 0.416 e. The summed E-state index contributed by atoms with van der Waals surface area (Å²) in [6, 6.07) is 4.93. The molecule has 3 aromatic carbocycles. The Morgan fingerprint density at radius 3 is 1.90 bits per heavy atom. The summed E-state index contributed by atoms with van der Waals surface area (Å²) in [5.74, 6) is 0.208. The molecule has 16 heteroatoms. The minimum Gasteiger partial charge on any atom is -0.496 e. The van der Waals surface area contributed by atoms with Crippen molar-refractivity contribution in [3.05, 3.63) is 81.4 Å². The Kier molecular flexibility index (Phi) is 12.4. The van der Waals surface area contributed by atoms with Crippen molar-refractivity contribution >= 4 is 24.3 Å². The van der Waals surface area contributed by atoms with E-state index in [-0.39, 0.29) is 58.7 Å². The first-order valence-electron chi connectivity index (χ1n) is 14.0.